The summed E-state index contributed by atoms with van der Waals surface area (Å²) in [5.41, 5.74) is 8.55. The number of hydrogen-bond acceptors (Lipinski definition) is 2. The van der Waals surface area contributed by atoms with E-state index < -0.39 is 0 Å². The van der Waals surface area contributed by atoms with Gasteiger partial charge >= 0.3 is 0 Å². The zero-order valence-corrected chi connectivity index (χ0v) is 12.3. The summed E-state index contributed by atoms with van der Waals surface area (Å²) in [4.78, 5) is 2.59. The average molecular weight is 276 g/mol. The van der Waals surface area contributed by atoms with Crippen LogP contribution in [0.1, 0.15) is 49.8 Å². The molecule has 2 nitrogen and oxygen atoms in total. The highest BCUT2D eigenvalue weighted by Gasteiger charge is 2.35. The number of fused-ring (bicyclic) bond motifs is 1. The van der Waals surface area contributed by atoms with E-state index in [0.717, 1.165) is 31.8 Å². The second-order valence-corrected chi connectivity index (χ2v) is 6.32. The molecule has 1 fully saturated rings. The SMILES string of the molecule is CCC1CCN(C2CCc3cc(F)ccc32)C(CN)C1. The van der Waals surface area contributed by atoms with Crippen molar-refractivity contribution in [1.29, 1.82) is 0 Å². The number of aryl methyl sites for hydroxylation is 1. The molecule has 0 spiro atoms. The summed E-state index contributed by atoms with van der Waals surface area (Å²) in [5, 5.41) is 0. The van der Waals surface area contributed by atoms with Crippen molar-refractivity contribution >= 4 is 0 Å². The van der Waals surface area contributed by atoms with Gasteiger partial charge in [-0.2, -0.15) is 0 Å². The van der Waals surface area contributed by atoms with E-state index in [1.54, 1.807) is 12.1 Å². The maximum Gasteiger partial charge on any atom is 0.123 e. The van der Waals surface area contributed by atoms with Crippen LogP contribution in [0.4, 0.5) is 4.39 Å². The Morgan fingerprint density at radius 3 is 2.95 bits per heavy atom. The van der Waals surface area contributed by atoms with Crippen LogP contribution in [0.5, 0.6) is 0 Å². The first-order valence-corrected chi connectivity index (χ1v) is 7.97. The van der Waals surface area contributed by atoms with Crippen molar-refractivity contribution in [3.63, 3.8) is 0 Å². The average Bonchev–Trinajstić information content (AvgIpc) is 2.89. The highest BCUT2D eigenvalue weighted by molar-refractivity contribution is 5.35. The van der Waals surface area contributed by atoms with Gasteiger partial charge in [-0.05, 0) is 61.4 Å². The minimum absolute atomic E-state index is 0.107. The normalized spacial score (nSPS) is 30.4. The minimum atomic E-state index is -0.107. The second-order valence-electron chi connectivity index (χ2n) is 6.32. The van der Waals surface area contributed by atoms with Crippen molar-refractivity contribution < 1.29 is 4.39 Å². The van der Waals surface area contributed by atoms with Crippen molar-refractivity contribution in [2.45, 2.75) is 51.1 Å². The predicted molar refractivity (Wildman–Crippen MR) is 80.0 cm³/mol. The van der Waals surface area contributed by atoms with Crippen LogP contribution in [-0.4, -0.2) is 24.0 Å². The Bertz CT molecular complexity index is 474. The van der Waals surface area contributed by atoms with Crippen LogP contribution in [0.25, 0.3) is 0 Å². The van der Waals surface area contributed by atoms with E-state index in [0.29, 0.717) is 12.1 Å². The van der Waals surface area contributed by atoms with Crippen LogP contribution in [0.2, 0.25) is 0 Å². The fourth-order valence-corrected chi connectivity index (χ4v) is 4.07. The molecule has 0 bridgehead atoms. The Hall–Kier alpha value is -0.930. The highest BCUT2D eigenvalue weighted by atomic mass is 19.1. The predicted octanol–water partition coefficient (Wildman–Crippen LogP) is 3.26. The molecule has 3 rings (SSSR count). The summed E-state index contributed by atoms with van der Waals surface area (Å²) < 4.78 is 13.3. The quantitative estimate of drug-likeness (QED) is 0.918. The molecule has 0 radical (unpaired) electrons. The fourth-order valence-electron chi connectivity index (χ4n) is 4.07. The topological polar surface area (TPSA) is 29.3 Å². The number of benzene rings is 1. The minimum Gasteiger partial charge on any atom is -0.329 e. The standard InChI is InChI=1S/C17H25FN2/c1-2-12-7-8-20(15(9-12)11-19)17-6-3-13-10-14(18)4-5-16(13)17/h4-5,10,12,15,17H,2-3,6-9,11,19H2,1H3. The maximum atomic E-state index is 13.3. The van der Waals surface area contributed by atoms with Gasteiger partial charge < -0.3 is 5.73 Å². The smallest absolute Gasteiger partial charge is 0.123 e. The van der Waals surface area contributed by atoms with Gasteiger partial charge in [0.25, 0.3) is 0 Å². The molecule has 0 saturated carbocycles. The largest absolute Gasteiger partial charge is 0.329 e. The Balaban J connectivity index is 1.80. The van der Waals surface area contributed by atoms with E-state index in [4.69, 9.17) is 5.73 Å². The van der Waals surface area contributed by atoms with Gasteiger partial charge in [-0.3, -0.25) is 4.90 Å². The van der Waals surface area contributed by atoms with Gasteiger partial charge in [-0.25, -0.2) is 4.39 Å². The molecule has 1 aliphatic carbocycles. The van der Waals surface area contributed by atoms with E-state index in [1.165, 1.54) is 30.4 Å². The van der Waals surface area contributed by atoms with Crippen molar-refractivity contribution in [3.8, 4) is 0 Å². The Labute approximate surface area is 121 Å². The lowest BCUT2D eigenvalue weighted by molar-refractivity contribution is 0.0702. The molecule has 1 saturated heterocycles. The second kappa shape index (κ2) is 5.82. The number of rotatable bonds is 3. The summed E-state index contributed by atoms with van der Waals surface area (Å²) in [7, 11) is 0. The first-order chi connectivity index (χ1) is 9.72. The summed E-state index contributed by atoms with van der Waals surface area (Å²) in [6.07, 6.45) is 5.88. The molecule has 1 heterocycles. The van der Waals surface area contributed by atoms with Gasteiger partial charge in [-0.1, -0.05) is 19.4 Å². The van der Waals surface area contributed by atoms with Gasteiger partial charge in [0.05, 0.1) is 0 Å². The zero-order valence-electron chi connectivity index (χ0n) is 12.3. The number of piperidine rings is 1. The monoisotopic (exact) mass is 276 g/mol. The molecule has 0 aromatic heterocycles. The summed E-state index contributed by atoms with van der Waals surface area (Å²) in [6.45, 7) is 4.16. The Morgan fingerprint density at radius 2 is 2.20 bits per heavy atom. The van der Waals surface area contributed by atoms with Gasteiger partial charge in [-0.15, -0.1) is 0 Å². The number of nitrogens with two attached hydrogens (primary N) is 1. The lowest BCUT2D eigenvalue weighted by Crippen LogP contribution is -2.47. The van der Waals surface area contributed by atoms with E-state index in [1.807, 2.05) is 6.07 Å². The Morgan fingerprint density at radius 1 is 1.35 bits per heavy atom. The van der Waals surface area contributed by atoms with Crippen LogP contribution in [0, 0.1) is 11.7 Å². The molecule has 1 aromatic carbocycles. The molecule has 1 aromatic rings. The lowest BCUT2D eigenvalue weighted by Gasteiger charge is -2.42. The third-order valence-corrected chi connectivity index (χ3v) is 5.27. The summed E-state index contributed by atoms with van der Waals surface area (Å²) >= 11 is 0. The van der Waals surface area contributed by atoms with E-state index >= 15 is 0 Å². The van der Waals surface area contributed by atoms with Gasteiger partial charge in [0.2, 0.25) is 0 Å². The summed E-state index contributed by atoms with van der Waals surface area (Å²) in [5.74, 6) is 0.721. The van der Waals surface area contributed by atoms with Gasteiger partial charge in [0.15, 0.2) is 0 Å². The first kappa shape index (κ1) is 14.0. The van der Waals surface area contributed by atoms with Crippen molar-refractivity contribution in [3.05, 3.63) is 35.1 Å². The molecule has 2 N–H and O–H groups in total. The highest BCUT2D eigenvalue weighted by Crippen LogP contribution is 2.40. The van der Waals surface area contributed by atoms with E-state index in [9.17, 15) is 4.39 Å². The Kier molecular flexibility index (Phi) is 4.08. The third-order valence-electron chi connectivity index (χ3n) is 5.27. The zero-order chi connectivity index (χ0) is 14.1. The number of nitrogens with zero attached hydrogens (tertiary/aromatic N) is 1. The molecule has 20 heavy (non-hydrogen) atoms. The molecular formula is C17H25FN2. The molecule has 3 heteroatoms. The fraction of sp³-hybridized carbons (Fsp3) is 0.647. The number of hydrogen-bond donors (Lipinski definition) is 1. The van der Waals surface area contributed by atoms with Crippen molar-refractivity contribution in [1.82, 2.24) is 4.90 Å². The molecule has 110 valence electrons. The lowest BCUT2D eigenvalue weighted by atomic mass is 9.87. The van der Waals surface area contributed by atoms with Crippen LogP contribution >= 0.6 is 0 Å². The number of likely N-dealkylation sites (tertiary alicyclic amines) is 1. The van der Waals surface area contributed by atoms with Gasteiger partial charge in [0.1, 0.15) is 5.82 Å². The molecule has 2 aliphatic rings. The summed E-state index contributed by atoms with van der Waals surface area (Å²) in [6, 6.07) is 6.26. The first-order valence-electron chi connectivity index (χ1n) is 7.97. The van der Waals surface area contributed by atoms with Crippen molar-refractivity contribution in [2.75, 3.05) is 13.1 Å². The maximum absolute atomic E-state index is 13.3. The van der Waals surface area contributed by atoms with E-state index in [-0.39, 0.29) is 5.82 Å². The molecule has 3 atom stereocenters. The molecule has 0 amide bonds. The van der Waals surface area contributed by atoms with Crippen molar-refractivity contribution in [2.24, 2.45) is 11.7 Å². The van der Waals surface area contributed by atoms with Crippen LogP contribution in [0.3, 0.4) is 0 Å². The number of halogens is 1. The molecule has 1 aliphatic heterocycles. The molecule has 3 unspecified atom stereocenters. The van der Waals surface area contributed by atoms with Crippen LogP contribution in [0.15, 0.2) is 18.2 Å². The molecular weight excluding hydrogens is 251 g/mol. The van der Waals surface area contributed by atoms with Crippen LogP contribution in [-0.2, 0) is 6.42 Å². The van der Waals surface area contributed by atoms with Gasteiger partial charge in [0, 0.05) is 18.6 Å². The van der Waals surface area contributed by atoms with Crippen LogP contribution < -0.4 is 5.73 Å². The third kappa shape index (κ3) is 2.49. The van der Waals surface area contributed by atoms with E-state index in [2.05, 4.69) is 11.8 Å².